The van der Waals surface area contributed by atoms with Crippen molar-refractivity contribution < 1.29 is 50.2 Å². The summed E-state index contributed by atoms with van der Waals surface area (Å²) in [7, 11) is 0. The Morgan fingerprint density at radius 3 is 1.39 bits per heavy atom. The average molecular weight is 925 g/mol. The van der Waals surface area contributed by atoms with Crippen LogP contribution in [0.1, 0.15) is 78.2 Å². The molecule has 3 aromatic carbocycles. The van der Waals surface area contributed by atoms with E-state index in [2.05, 4.69) is 56.6 Å². The number of nitrogens with one attached hydrogen (secondary N) is 3. The molecule has 2 amide bonds. The zero-order valence-electron chi connectivity index (χ0n) is 37.2. The molecule has 0 unspecified atom stereocenters. The maximum atomic E-state index is 13.6. The maximum Gasteiger partial charge on any atom is 0.340 e. The van der Waals surface area contributed by atoms with E-state index >= 15 is 0 Å². The van der Waals surface area contributed by atoms with Crippen LogP contribution < -0.4 is 21.7 Å². The third-order valence-electron chi connectivity index (χ3n) is 8.50. The number of halogens is 7. The second-order valence-corrected chi connectivity index (χ2v) is 14.5. The van der Waals surface area contributed by atoms with Crippen LogP contribution in [-0.2, 0) is 0 Å². The number of pyridine rings is 3. The van der Waals surface area contributed by atoms with Gasteiger partial charge in [-0.3, -0.25) is 9.59 Å². The molecule has 0 atom stereocenters. The van der Waals surface area contributed by atoms with Crippen molar-refractivity contribution >= 4 is 40.7 Å². The smallest absolute Gasteiger partial charge is 0.340 e. The highest BCUT2D eigenvalue weighted by Gasteiger charge is 2.19. The van der Waals surface area contributed by atoms with Gasteiger partial charge in [-0.15, -0.1) is 0 Å². The van der Waals surface area contributed by atoms with Gasteiger partial charge in [0, 0.05) is 24.1 Å². The van der Waals surface area contributed by atoms with Crippen LogP contribution in [-0.4, -0.2) is 67.9 Å². The van der Waals surface area contributed by atoms with Crippen LogP contribution in [0, 0.1) is 47.9 Å². The molecule has 0 aliphatic heterocycles. The number of benzene rings is 3. The second kappa shape index (κ2) is 27.0. The third-order valence-corrected chi connectivity index (χ3v) is 8.50. The number of amides is 2. The molecule has 66 heavy (non-hydrogen) atoms. The fourth-order valence-electron chi connectivity index (χ4n) is 5.07. The number of nitrogens with zero attached hydrogens (tertiary/aromatic N) is 4. The summed E-state index contributed by atoms with van der Waals surface area (Å²) in [4.78, 5) is 47.0. The number of rotatable bonds is 9. The Bertz CT molecular complexity index is 2500. The van der Waals surface area contributed by atoms with E-state index in [0.717, 1.165) is 18.2 Å². The molecule has 3 aromatic heterocycles. The van der Waals surface area contributed by atoms with E-state index in [1.54, 1.807) is 43.5 Å². The van der Waals surface area contributed by atoms with E-state index in [9.17, 15) is 45.1 Å². The first kappa shape index (κ1) is 54.7. The first-order chi connectivity index (χ1) is 31.1. The molecule has 0 radical (unpaired) electrons. The van der Waals surface area contributed by atoms with Gasteiger partial charge >= 0.3 is 5.97 Å². The minimum absolute atomic E-state index is 0.212. The van der Waals surface area contributed by atoms with Crippen LogP contribution >= 0.6 is 0 Å². The average Bonchev–Trinajstić information content (AvgIpc) is 3.27. The minimum atomic E-state index is -1.30. The van der Waals surface area contributed by atoms with Gasteiger partial charge in [0.2, 0.25) is 11.9 Å². The summed E-state index contributed by atoms with van der Waals surface area (Å²) in [6, 6.07) is 20.1. The molecule has 0 bridgehead atoms. The third kappa shape index (κ3) is 18.0. The number of hydrogen-bond acceptors (Lipinski definition) is 9. The lowest BCUT2D eigenvalue weighted by atomic mass is 10.1. The number of aromatic nitrogens is 3. The molecule has 3 heterocycles. The van der Waals surface area contributed by atoms with Gasteiger partial charge in [0.05, 0.1) is 28.2 Å². The van der Waals surface area contributed by atoms with Gasteiger partial charge in [-0.25, -0.2) is 41.7 Å². The van der Waals surface area contributed by atoms with Crippen LogP contribution in [0.15, 0.2) is 110 Å². The standard InChI is InChI=1S/C16H17F2N3O.C12H7F3N2O.C7H8FN.C6H4FNO2.C6H15N/c1-16(2,3)21-14-10(6-5-9-19-14)15(22)20-12-8-4-7-11(17)13(12)18;13-8-4-1-5-9(10(8)14)17-12(18)7-3-2-6-16-11(7)15;1-5-3-2-4-6(9)7(5)8;7-5-4(6(9)10)2-1-3-8-5;1-4-7(5-2)6-3/h4-9H,1-3H3,(H,19,21)(H,20,22);1-6H,(H,17,18);2-4H,9H2,1H3;1-3H,(H,9,10);4-6H2,1-3H3. The number of carboxylic acids is 1. The Morgan fingerprint density at radius 2 is 1.02 bits per heavy atom. The van der Waals surface area contributed by atoms with Crippen molar-refractivity contribution in [3.63, 3.8) is 0 Å². The Hall–Kier alpha value is -7.41. The summed E-state index contributed by atoms with van der Waals surface area (Å²) < 4.78 is 91.1. The summed E-state index contributed by atoms with van der Waals surface area (Å²) >= 11 is 0. The number of nitrogens with two attached hydrogens (primary N) is 1. The number of carboxylic acid groups (broad SMARTS) is 1. The van der Waals surface area contributed by atoms with Gasteiger partial charge in [-0.2, -0.15) is 8.78 Å². The number of aromatic carboxylic acids is 1. The Morgan fingerprint density at radius 1 is 0.591 bits per heavy atom. The van der Waals surface area contributed by atoms with Crippen molar-refractivity contribution in [3.05, 3.63) is 173 Å². The number of nitrogen functional groups attached to an aromatic ring is 1. The minimum Gasteiger partial charge on any atom is -0.478 e. The molecular weight excluding hydrogens is 874 g/mol. The number of anilines is 4. The number of carbonyl (C=O) groups is 3. The molecule has 0 aliphatic carbocycles. The maximum absolute atomic E-state index is 13.6. The first-order valence-corrected chi connectivity index (χ1v) is 20.1. The summed E-state index contributed by atoms with van der Waals surface area (Å²) in [6.45, 7) is 17.6. The van der Waals surface area contributed by atoms with Crippen LogP contribution in [0.5, 0.6) is 0 Å². The number of aryl methyl sites for hydroxylation is 1. The lowest BCUT2D eigenvalue weighted by Gasteiger charge is -2.22. The Kier molecular flexibility index (Phi) is 22.4. The Balaban J connectivity index is 0.000000303. The molecule has 0 fully saturated rings. The summed E-state index contributed by atoms with van der Waals surface area (Å²) in [5.41, 5.74) is 4.69. The van der Waals surface area contributed by atoms with Crippen LogP contribution in [0.3, 0.4) is 0 Å². The van der Waals surface area contributed by atoms with Gasteiger partial charge in [-0.05, 0) is 120 Å². The van der Waals surface area contributed by atoms with Gasteiger partial charge in [0.1, 0.15) is 17.2 Å². The van der Waals surface area contributed by atoms with E-state index < -0.39 is 58.5 Å². The van der Waals surface area contributed by atoms with Crippen molar-refractivity contribution in [3.8, 4) is 0 Å². The topological polar surface area (TPSA) is 175 Å². The normalized spacial score (nSPS) is 10.3. The first-order valence-electron chi connectivity index (χ1n) is 20.1. The van der Waals surface area contributed by atoms with Crippen LogP contribution in [0.4, 0.5) is 53.6 Å². The highest BCUT2D eigenvalue weighted by molar-refractivity contribution is 6.07. The molecule has 0 saturated carbocycles. The number of carbonyl (C=O) groups excluding carboxylic acids is 2. The number of hydrogen-bond donors (Lipinski definition) is 5. The molecule has 0 aliphatic rings. The van der Waals surface area contributed by atoms with Gasteiger partial charge < -0.3 is 31.7 Å². The molecule has 6 rings (SSSR count). The molecular formula is C47H51F7N8O4. The molecule has 0 spiro atoms. The predicted molar refractivity (Wildman–Crippen MR) is 241 cm³/mol. The van der Waals surface area contributed by atoms with Gasteiger partial charge in [0.25, 0.3) is 11.8 Å². The molecule has 12 nitrogen and oxygen atoms in total. The lowest BCUT2D eigenvalue weighted by molar-refractivity contribution is 0.0690. The quantitative estimate of drug-likeness (QED) is 0.0533. The summed E-state index contributed by atoms with van der Waals surface area (Å²) in [6.07, 6.45) is 3.92. The lowest BCUT2D eigenvalue weighted by Crippen LogP contribution is -2.28. The van der Waals surface area contributed by atoms with Gasteiger partial charge in [0.15, 0.2) is 23.3 Å². The van der Waals surface area contributed by atoms with E-state index in [1.165, 1.54) is 74.5 Å². The van der Waals surface area contributed by atoms with Crippen molar-refractivity contribution in [2.24, 2.45) is 0 Å². The zero-order chi connectivity index (χ0) is 49.6. The van der Waals surface area contributed by atoms with Crippen molar-refractivity contribution in [1.29, 1.82) is 0 Å². The van der Waals surface area contributed by atoms with Gasteiger partial charge in [-0.1, -0.05) is 45.0 Å². The predicted octanol–water partition coefficient (Wildman–Crippen LogP) is 10.6. The van der Waals surface area contributed by atoms with Crippen molar-refractivity contribution in [2.75, 3.05) is 41.3 Å². The summed E-state index contributed by atoms with van der Waals surface area (Å²) in [5, 5.41) is 15.8. The molecule has 19 heteroatoms. The second-order valence-electron chi connectivity index (χ2n) is 14.5. The highest BCUT2D eigenvalue weighted by Crippen LogP contribution is 2.22. The fraction of sp³-hybridized carbons (Fsp3) is 0.234. The van der Waals surface area contributed by atoms with E-state index in [4.69, 9.17) is 10.8 Å². The van der Waals surface area contributed by atoms with E-state index in [-0.39, 0.29) is 39.5 Å². The van der Waals surface area contributed by atoms with Crippen molar-refractivity contribution in [2.45, 2.75) is 54.0 Å². The van der Waals surface area contributed by atoms with E-state index in [0.29, 0.717) is 11.4 Å². The molecule has 352 valence electrons. The summed E-state index contributed by atoms with van der Waals surface area (Å²) in [5.74, 6) is -9.03. The van der Waals surface area contributed by atoms with Crippen LogP contribution in [0.25, 0.3) is 0 Å². The van der Waals surface area contributed by atoms with Crippen molar-refractivity contribution in [1.82, 2.24) is 19.9 Å². The molecule has 6 N–H and O–H groups in total. The van der Waals surface area contributed by atoms with E-state index in [1.807, 2.05) is 20.8 Å². The highest BCUT2D eigenvalue weighted by atomic mass is 19.2. The fourth-order valence-corrected chi connectivity index (χ4v) is 5.07. The monoisotopic (exact) mass is 924 g/mol. The van der Waals surface area contributed by atoms with Crippen LogP contribution in [0.2, 0.25) is 0 Å². The Labute approximate surface area is 378 Å². The zero-order valence-corrected chi connectivity index (χ0v) is 37.2. The molecule has 6 aromatic rings. The largest absolute Gasteiger partial charge is 0.478 e. The SMILES string of the molecule is CC(C)(C)Nc1ncccc1C(=O)Nc1cccc(F)c1F.CCN(CC)CC.Cc1cccc(N)c1F.O=C(Nc1cccc(F)c1F)c1cccnc1F.O=C(O)c1cccnc1F. The molecule has 0 saturated heterocycles.